The second kappa shape index (κ2) is 2.76. The number of nitrogens with one attached hydrogen (secondary N) is 1. The third-order valence-corrected chi connectivity index (χ3v) is 2.24. The molecule has 1 aromatic rings. The maximum absolute atomic E-state index is 11.1. The van der Waals surface area contributed by atoms with E-state index in [9.17, 15) is 4.79 Å². The minimum atomic E-state index is 0.0614. The number of hydrogen-bond donors (Lipinski definition) is 1. The van der Waals surface area contributed by atoms with Gasteiger partial charge in [0.1, 0.15) is 5.75 Å². The molecule has 0 saturated carbocycles. The normalized spacial score (nSPS) is 13.8. The molecule has 1 heterocycles. The number of carbonyl (C=O) groups is 1. The van der Waals surface area contributed by atoms with Crippen LogP contribution in [0, 0.1) is 6.92 Å². The third kappa shape index (κ3) is 1.26. The molecule has 0 fully saturated rings. The second-order valence-electron chi connectivity index (χ2n) is 3.20. The van der Waals surface area contributed by atoms with Crippen LogP contribution in [-0.2, 0) is 11.2 Å². The van der Waals surface area contributed by atoms with Gasteiger partial charge in [0.15, 0.2) is 0 Å². The molecule has 0 radical (unpaired) electrons. The van der Waals surface area contributed by atoms with Gasteiger partial charge in [0.25, 0.3) is 0 Å². The van der Waals surface area contributed by atoms with Crippen LogP contribution in [0.1, 0.15) is 11.1 Å². The summed E-state index contributed by atoms with van der Waals surface area (Å²) in [6.45, 7) is 1.97. The Labute approximate surface area is 76.7 Å². The van der Waals surface area contributed by atoms with Crippen molar-refractivity contribution in [3.05, 3.63) is 23.3 Å². The lowest BCUT2D eigenvalue weighted by Crippen LogP contribution is -2.04. The van der Waals surface area contributed by atoms with E-state index in [1.165, 1.54) is 0 Å². The molecule has 0 unspecified atom stereocenters. The summed E-state index contributed by atoms with van der Waals surface area (Å²) < 4.78 is 5.12. The molecule has 68 valence electrons. The van der Waals surface area contributed by atoms with Gasteiger partial charge in [-0.15, -0.1) is 0 Å². The van der Waals surface area contributed by atoms with Gasteiger partial charge in [-0.2, -0.15) is 0 Å². The Balaban J connectivity index is 2.52. The topological polar surface area (TPSA) is 38.3 Å². The standard InChI is InChI=1S/C10H11NO2/c1-6-3-8(13-2)4-7-5-9(12)11-10(6)7/h3-4H,5H2,1-2H3,(H,11,12). The Bertz CT molecular complexity index is 371. The summed E-state index contributed by atoms with van der Waals surface area (Å²) in [4.78, 5) is 11.1. The van der Waals surface area contributed by atoms with Crippen LogP contribution in [0.4, 0.5) is 5.69 Å². The number of methoxy groups -OCH3 is 1. The zero-order valence-corrected chi connectivity index (χ0v) is 7.68. The van der Waals surface area contributed by atoms with Crippen molar-refractivity contribution < 1.29 is 9.53 Å². The molecular weight excluding hydrogens is 166 g/mol. The zero-order chi connectivity index (χ0) is 9.42. The van der Waals surface area contributed by atoms with Crippen LogP contribution in [0.5, 0.6) is 5.75 Å². The Hall–Kier alpha value is -1.51. The van der Waals surface area contributed by atoms with Crippen LogP contribution in [0.25, 0.3) is 0 Å². The molecule has 3 heteroatoms. The summed E-state index contributed by atoms with van der Waals surface area (Å²) in [7, 11) is 1.63. The number of benzene rings is 1. The molecule has 13 heavy (non-hydrogen) atoms. The smallest absolute Gasteiger partial charge is 0.228 e. The van der Waals surface area contributed by atoms with Crippen LogP contribution in [-0.4, -0.2) is 13.0 Å². The molecule has 0 spiro atoms. The van der Waals surface area contributed by atoms with Gasteiger partial charge < -0.3 is 10.1 Å². The summed E-state index contributed by atoms with van der Waals surface area (Å²) >= 11 is 0. The van der Waals surface area contributed by atoms with E-state index in [-0.39, 0.29) is 5.91 Å². The predicted octanol–water partition coefficient (Wildman–Crippen LogP) is 1.50. The van der Waals surface area contributed by atoms with Crippen LogP contribution in [0.15, 0.2) is 12.1 Å². The van der Waals surface area contributed by atoms with Crippen LogP contribution in [0.2, 0.25) is 0 Å². The first-order valence-electron chi connectivity index (χ1n) is 4.18. The Morgan fingerprint density at radius 2 is 2.23 bits per heavy atom. The van der Waals surface area contributed by atoms with E-state index in [1.54, 1.807) is 7.11 Å². The van der Waals surface area contributed by atoms with Gasteiger partial charge >= 0.3 is 0 Å². The van der Waals surface area contributed by atoms with E-state index in [0.29, 0.717) is 6.42 Å². The van der Waals surface area contributed by atoms with Crippen molar-refractivity contribution in [2.45, 2.75) is 13.3 Å². The summed E-state index contributed by atoms with van der Waals surface area (Å²) in [5.41, 5.74) is 3.04. The fourth-order valence-corrected chi connectivity index (χ4v) is 1.62. The molecule has 0 bridgehead atoms. The zero-order valence-electron chi connectivity index (χ0n) is 7.68. The first-order valence-corrected chi connectivity index (χ1v) is 4.18. The van der Waals surface area contributed by atoms with Gasteiger partial charge in [0.05, 0.1) is 13.5 Å². The number of fused-ring (bicyclic) bond motifs is 1. The van der Waals surface area contributed by atoms with Crippen molar-refractivity contribution in [3.63, 3.8) is 0 Å². The molecule has 0 saturated heterocycles. The molecule has 1 aromatic carbocycles. The first-order chi connectivity index (χ1) is 6.20. The molecule has 1 N–H and O–H groups in total. The Kier molecular flexibility index (Phi) is 1.72. The molecule has 3 nitrogen and oxygen atoms in total. The van der Waals surface area contributed by atoms with Gasteiger partial charge in [0.2, 0.25) is 5.91 Å². The summed E-state index contributed by atoms with van der Waals surface area (Å²) in [6, 6.07) is 3.82. The average Bonchev–Trinajstić information content (AvgIpc) is 2.46. The summed E-state index contributed by atoms with van der Waals surface area (Å²) in [5, 5.41) is 2.82. The number of aryl methyl sites for hydroxylation is 1. The molecule has 0 aliphatic carbocycles. The number of carbonyl (C=O) groups excluding carboxylic acids is 1. The second-order valence-corrected chi connectivity index (χ2v) is 3.20. The van der Waals surface area contributed by atoms with Crippen molar-refractivity contribution >= 4 is 11.6 Å². The van der Waals surface area contributed by atoms with Crippen molar-refractivity contribution in [1.82, 2.24) is 0 Å². The fraction of sp³-hybridized carbons (Fsp3) is 0.300. The molecule has 1 aliphatic rings. The van der Waals surface area contributed by atoms with E-state index < -0.39 is 0 Å². The molecule has 2 rings (SSSR count). The van der Waals surface area contributed by atoms with E-state index in [0.717, 1.165) is 22.6 Å². The van der Waals surface area contributed by atoms with Crippen LogP contribution in [0.3, 0.4) is 0 Å². The lowest BCUT2D eigenvalue weighted by Gasteiger charge is -2.06. The maximum atomic E-state index is 11.1. The third-order valence-electron chi connectivity index (χ3n) is 2.24. The minimum absolute atomic E-state index is 0.0614. The minimum Gasteiger partial charge on any atom is -0.497 e. The quantitative estimate of drug-likeness (QED) is 0.705. The summed E-state index contributed by atoms with van der Waals surface area (Å²) in [6.07, 6.45) is 0.466. The molecular formula is C10H11NO2. The van der Waals surface area contributed by atoms with E-state index in [4.69, 9.17) is 4.74 Å². The van der Waals surface area contributed by atoms with Crippen LogP contribution < -0.4 is 10.1 Å². The SMILES string of the molecule is COc1cc(C)c2c(c1)CC(=O)N2. The van der Waals surface area contributed by atoms with E-state index in [2.05, 4.69) is 5.32 Å². The molecule has 1 amide bonds. The van der Waals surface area contributed by atoms with E-state index >= 15 is 0 Å². The lowest BCUT2D eigenvalue weighted by atomic mass is 10.1. The number of amides is 1. The Morgan fingerprint density at radius 1 is 1.46 bits per heavy atom. The first kappa shape index (κ1) is 8.10. The fourth-order valence-electron chi connectivity index (χ4n) is 1.62. The van der Waals surface area contributed by atoms with Crippen molar-refractivity contribution in [2.75, 3.05) is 12.4 Å². The molecule has 0 atom stereocenters. The van der Waals surface area contributed by atoms with Crippen LogP contribution >= 0.6 is 0 Å². The molecule has 1 aliphatic heterocycles. The highest BCUT2D eigenvalue weighted by Crippen LogP contribution is 2.30. The maximum Gasteiger partial charge on any atom is 0.228 e. The number of anilines is 1. The van der Waals surface area contributed by atoms with Gasteiger partial charge in [-0.1, -0.05) is 0 Å². The average molecular weight is 177 g/mol. The van der Waals surface area contributed by atoms with Gasteiger partial charge in [-0.05, 0) is 30.2 Å². The molecule has 0 aromatic heterocycles. The van der Waals surface area contributed by atoms with Gasteiger partial charge in [0, 0.05) is 5.69 Å². The number of rotatable bonds is 1. The Morgan fingerprint density at radius 3 is 2.92 bits per heavy atom. The van der Waals surface area contributed by atoms with E-state index in [1.807, 2.05) is 19.1 Å². The van der Waals surface area contributed by atoms with Gasteiger partial charge in [-0.3, -0.25) is 4.79 Å². The highest BCUT2D eigenvalue weighted by atomic mass is 16.5. The highest BCUT2D eigenvalue weighted by Gasteiger charge is 2.19. The largest absolute Gasteiger partial charge is 0.497 e. The lowest BCUT2D eigenvalue weighted by molar-refractivity contribution is -0.115. The highest BCUT2D eigenvalue weighted by molar-refractivity contribution is 6.00. The summed E-state index contributed by atoms with van der Waals surface area (Å²) in [5.74, 6) is 0.874. The van der Waals surface area contributed by atoms with Crippen molar-refractivity contribution in [3.8, 4) is 5.75 Å². The van der Waals surface area contributed by atoms with Crippen molar-refractivity contribution in [2.24, 2.45) is 0 Å². The monoisotopic (exact) mass is 177 g/mol. The van der Waals surface area contributed by atoms with Gasteiger partial charge in [-0.25, -0.2) is 0 Å². The predicted molar refractivity (Wildman–Crippen MR) is 50.1 cm³/mol. The number of ether oxygens (including phenoxy) is 1. The number of hydrogen-bond acceptors (Lipinski definition) is 2. The van der Waals surface area contributed by atoms with Crippen molar-refractivity contribution in [1.29, 1.82) is 0 Å².